The summed E-state index contributed by atoms with van der Waals surface area (Å²) in [5.74, 6) is 0.663. The number of ether oxygens (including phenoxy) is 1. The largest absolute Gasteiger partial charge is 0.496 e. The van der Waals surface area contributed by atoms with E-state index in [4.69, 9.17) is 15.9 Å². The number of methoxy groups -OCH3 is 1. The Morgan fingerprint density at radius 1 is 1.48 bits per heavy atom. The standard InChI is InChI=1S/C16H25N3O2/c1-21-15-6-5-12(10-14(15)16(17)18)11-19-8-3-2-4-13(19)7-9-20/h5-6,10,13,20H,2-4,7-9,11H2,1H3,(H3,17,18). The van der Waals surface area contributed by atoms with Gasteiger partial charge >= 0.3 is 0 Å². The highest BCUT2D eigenvalue weighted by molar-refractivity contribution is 5.97. The third-order valence-electron chi connectivity index (χ3n) is 4.15. The molecule has 1 aliphatic rings. The molecule has 0 aliphatic carbocycles. The van der Waals surface area contributed by atoms with E-state index < -0.39 is 0 Å². The number of likely N-dealkylation sites (tertiary alicyclic amines) is 1. The van der Waals surface area contributed by atoms with E-state index in [1.165, 1.54) is 12.8 Å². The van der Waals surface area contributed by atoms with E-state index in [1.54, 1.807) is 7.11 Å². The number of hydrogen-bond donors (Lipinski definition) is 3. The molecular weight excluding hydrogens is 266 g/mol. The summed E-state index contributed by atoms with van der Waals surface area (Å²) in [4.78, 5) is 2.42. The molecule has 1 unspecified atom stereocenters. The van der Waals surface area contributed by atoms with Gasteiger partial charge < -0.3 is 15.6 Å². The first-order valence-corrected chi connectivity index (χ1v) is 7.52. The average molecular weight is 291 g/mol. The van der Waals surface area contributed by atoms with E-state index in [1.807, 2.05) is 18.2 Å². The maximum atomic E-state index is 9.20. The van der Waals surface area contributed by atoms with Crippen molar-refractivity contribution in [2.75, 3.05) is 20.3 Å². The van der Waals surface area contributed by atoms with Crippen molar-refractivity contribution in [3.05, 3.63) is 29.3 Å². The molecule has 1 saturated heterocycles. The number of aliphatic hydroxyl groups is 1. The maximum absolute atomic E-state index is 9.20. The fraction of sp³-hybridized carbons (Fsp3) is 0.562. The first-order chi connectivity index (χ1) is 10.2. The summed E-state index contributed by atoms with van der Waals surface area (Å²) in [7, 11) is 1.59. The molecule has 4 N–H and O–H groups in total. The molecule has 0 amide bonds. The Labute approximate surface area is 126 Å². The van der Waals surface area contributed by atoms with Crippen molar-refractivity contribution in [2.24, 2.45) is 5.73 Å². The van der Waals surface area contributed by atoms with Crippen LogP contribution in [0.5, 0.6) is 5.75 Å². The summed E-state index contributed by atoms with van der Waals surface area (Å²) in [6, 6.07) is 6.28. The third-order valence-corrected chi connectivity index (χ3v) is 4.15. The Balaban J connectivity index is 2.14. The van der Waals surface area contributed by atoms with Crippen LogP contribution in [0.4, 0.5) is 0 Å². The second-order valence-corrected chi connectivity index (χ2v) is 5.58. The quantitative estimate of drug-likeness (QED) is 0.550. The molecule has 21 heavy (non-hydrogen) atoms. The number of benzene rings is 1. The van der Waals surface area contributed by atoms with Crippen LogP contribution < -0.4 is 10.5 Å². The molecule has 1 heterocycles. The normalized spacial score (nSPS) is 19.4. The van der Waals surface area contributed by atoms with Crippen molar-refractivity contribution in [3.63, 3.8) is 0 Å². The number of nitrogens with one attached hydrogen (secondary N) is 1. The zero-order chi connectivity index (χ0) is 15.2. The molecule has 1 fully saturated rings. The van der Waals surface area contributed by atoms with Gasteiger partial charge in [-0.25, -0.2) is 0 Å². The number of nitrogens with two attached hydrogens (primary N) is 1. The van der Waals surface area contributed by atoms with Crippen molar-refractivity contribution in [1.82, 2.24) is 4.90 Å². The molecule has 5 heteroatoms. The number of hydrogen-bond acceptors (Lipinski definition) is 4. The van der Waals surface area contributed by atoms with Gasteiger partial charge in [0.25, 0.3) is 0 Å². The van der Waals surface area contributed by atoms with Crippen molar-refractivity contribution in [3.8, 4) is 5.75 Å². The topological polar surface area (TPSA) is 82.6 Å². The molecule has 0 aromatic heterocycles. The Morgan fingerprint density at radius 2 is 2.29 bits per heavy atom. The van der Waals surface area contributed by atoms with E-state index in [-0.39, 0.29) is 12.4 Å². The summed E-state index contributed by atoms with van der Waals surface area (Å²) >= 11 is 0. The average Bonchev–Trinajstić information content (AvgIpc) is 2.49. The Morgan fingerprint density at radius 3 is 2.95 bits per heavy atom. The lowest BCUT2D eigenvalue weighted by Crippen LogP contribution is -2.39. The van der Waals surface area contributed by atoms with Crippen LogP contribution in [0.2, 0.25) is 0 Å². The van der Waals surface area contributed by atoms with Crippen LogP contribution >= 0.6 is 0 Å². The van der Waals surface area contributed by atoms with Gasteiger partial charge in [0.2, 0.25) is 0 Å². The Hall–Kier alpha value is -1.59. The smallest absolute Gasteiger partial charge is 0.129 e. The highest BCUT2D eigenvalue weighted by atomic mass is 16.5. The van der Waals surface area contributed by atoms with E-state index in [2.05, 4.69) is 4.90 Å². The minimum atomic E-state index is 0.0271. The molecule has 0 spiro atoms. The molecule has 116 valence electrons. The molecule has 1 aromatic carbocycles. The van der Waals surface area contributed by atoms with Gasteiger partial charge in [0, 0.05) is 19.2 Å². The molecular formula is C16H25N3O2. The molecule has 0 radical (unpaired) electrons. The number of rotatable bonds is 6. The van der Waals surface area contributed by atoms with Gasteiger partial charge in [-0.3, -0.25) is 10.3 Å². The lowest BCUT2D eigenvalue weighted by atomic mass is 9.98. The van der Waals surface area contributed by atoms with Gasteiger partial charge in [0.05, 0.1) is 12.7 Å². The molecule has 5 nitrogen and oxygen atoms in total. The predicted octanol–water partition coefficient (Wildman–Crippen LogP) is 1.72. The second kappa shape index (κ2) is 7.43. The van der Waals surface area contributed by atoms with Crippen LogP contribution in [0.1, 0.15) is 36.8 Å². The molecule has 0 bridgehead atoms. The summed E-state index contributed by atoms with van der Waals surface area (Å²) in [6.07, 6.45) is 4.42. The Bertz CT molecular complexity index is 488. The van der Waals surface area contributed by atoms with E-state index in [9.17, 15) is 5.11 Å². The minimum absolute atomic E-state index is 0.0271. The molecule has 0 saturated carbocycles. The Kier molecular flexibility index (Phi) is 5.59. The van der Waals surface area contributed by atoms with Crippen LogP contribution in [0.15, 0.2) is 18.2 Å². The number of nitrogens with zero attached hydrogens (tertiary/aromatic N) is 1. The zero-order valence-electron chi connectivity index (χ0n) is 12.6. The highest BCUT2D eigenvalue weighted by Gasteiger charge is 2.22. The van der Waals surface area contributed by atoms with Crippen LogP contribution in [-0.4, -0.2) is 42.1 Å². The monoisotopic (exact) mass is 291 g/mol. The zero-order valence-corrected chi connectivity index (χ0v) is 12.6. The third kappa shape index (κ3) is 3.95. The summed E-state index contributed by atoms with van der Waals surface area (Å²) in [5, 5.41) is 16.9. The number of piperidine rings is 1. The van der Waals surface area contributed by atoms with E-state index >= 15 is 0 Å². The van der Waals surface area contributed by atoms with Crippen LogP contribution in [0.3, 0.4) is 0 Å². The summed E-state index contributed by atoms with van der Waals surface area (Å²) in [5.41, 5.74) is 7.40. The van der Waals surface area contributed by atoms with Gasteiger partial charge in [-0.15, -0.1) is 0 Å². The van der Waals surface area contributed by atoms with Crippen LogP contribution in [-0.2, 0) is 6.54 Å². The lowest BCUT2D eigenvalue weighted by molar-refractivity contribution is 0.112. The van der Waals surface area contributed by atoms with Crippen LogP contribution in [0.25, 0.3) is 0 Å². The van der Waals surface area contributed by atoms with Crippen LogP contribution in [0, 0.1) is 5.41 Å². The summed E-state index contributed by atoms with van der Waals surface area (Å²) < 4.78 is 5.24. The molecule has 1 aliphatic heterocycles. The van der Waals surface area contributed by atoms with Gasteiger partial charge in [0.1, 0.15) is 11.6 Å². The van der Waals surface area contributed by atoms with E-state index in [0.29, 0.717) is 17.4 Å². The first-order valence-electron chi connectivity index (χ1n) is 7.52. The van der Waals surface area contributed by atoms with Crippen molar-refractivity contribution in [1.29, 1.82) is 5.41 Å². The highest BCUT2D eigenvalue weighted by Crippen LogP contribution is 2.24. The van der Waals surface area contributed by atoms with Crippen molar-refractivity contribution in [2.45, 2.75) is 38.3 Å². The van der Waals surface area contributed by atoms with Gasteiger partial charge in [0.15, 0.2) is 0 Å². The number of nitrogen functional groups attached to an aromatic ring is 1. The van der Waals surface area contributed by atoms with Gasteiger partial charge in [-0.05, 0) is 43.5 Å². The SMILES string of the molecule is COc1ccc(CN2CCCCC2CCO)cc1C(=N)N. The van der Waals surface area contributed by atoms with Crippen molar-refractivity contribution >= 4 is 5.84 Å². The fourth-order valence-electron chi connectivity index (χ4n) is 3.04. The first kappa shape index (κ1) is 15.8. The summed E-state index contributed by atoms with van der Waals surface area (Å²) in [6.45, 7) is 2.13. The van der Waals surface area contributed by atoms with Gasteiger partial charge in [-0.1, -0.05) is 12.5 Å². The second-order valence-electron chi connectivity index (χ2n) is 5.58. The maximum Gasteiger partial charge on any atom is 0.129 e. The number of aliphatic hydroxyl groups excluding tert-OH is 1. The lowest BCUT2D eigenvalue weighted by Gasteiger charge is -2.35. The van der Waals surface area contributed by atoms with Crippen molar-refractivity contribution < 1.29 is 9.84 Å². The van der Waals surface area contributed by atoms with Gasteiger partial charge in [-0.2, -0.15) is 0 Å². The molecule has 1 atom stereocenters. The van der Waals surface area contributed by atoms with E-state index in [0.717, 1.165) is 31.5 Å². The fourth-order valence-corrected chi connectivity index (χ4v) is 3.04. The molecule has 1 aromatic rings. The predicted molar refractivity (Wildman–Crippen MR) is 83.8 cm³/mol. The molecule has 2 rings (SSSR count). The number of amidine groups is 1. The minimum Gasteiger partial charge on any atom is -0.496 e.